The summed E-state index contributed by atoms with van der Waals surface area (Å²) in [7, 11) is 0. The Hall–Kier alpha value is -1.50. The molecule has 1 N–H and O–H groups in total. The molecule has 0 aromatic heterocycles. The van der Waals surface area contributed by atoms with Gasteiger partial charge in [-0.15, -0.1) is 0 Å². The van der Waals surface area contributed by atoms with Gasteiger partial charge in [0.2, 0.25) is 0 Å². The molecule has 0 spiro atoms. The third-order valence-corrected chi connectivity index (χ3v) is 4.44. The SMILES string of the molecule is c1ccccc(NC2CCCCCCCCCC2)cccc1. The molecule has 1 heteroatoms. The topological polar surface area (TPSA) is 12.0 Å². The Morgan fingerprint density at radius 2 is 0.955 bits per heavy atom. The predicted octanol–water partition coefficient (Wildman–Crippen LogP) is 6.51. The second kappa shape index (κ2) is 11.1. The van der Waals surface area contributed by atoms with Crippen LogP contribution in [0, 0.1) is 0 Å². The van der Waals surface area contributed by atoms with Gasteiger partial charge in [0.1, 0.15) is 0 Å². The average molecular weight is 297 g/mol. The third-order valence-electron chi connectivity index (χ3n) is 4.44. The highest BCUT2D eigenvalue weighted by Crippen LogP contribution is 2.19. The van der Waals surface area contributed by atoms with E-state index in [9.17, 15) is 0 Å². The summed E-state index contributed by atoms with van der Waals surface area (Å²) < 4.78 is 0. The van der Waals surface area contributed by atoms with Crippen molar-refractivity contribution in [1.29, 1.82) is 0 Å². The first-order valence-electron chi connectivity index (χ1n) is 9.10. The van der Waals surface area contributed by atoms with Crippen LogP contribution < -0.4 is 5.32 Å². The van der Waals surface area contributed by atoms with Crippen LogP contribution >= 0.6 is 0 Å². The van der Waals surface area contributed by atoms with E-state index in [1.54, 1.807) is 0 Å². The van der Waals surface area contributed by atoms with Crippen LogP contribution in [0.1, 0.15) is 64.2 Å². The maximum Gasteiger partial charge on any atom is 0.0342 e. The van der Waals surface area contributed by atoms with Crippen LogP contribution in [0.3, 0.4) is 0 Å². The summed E-state index contributed by atoms with van der Waals surface area (Å²) in [6.45, 7) is 0. The zero-order valence-corrected chi connectivity index (χ0v) is 13.8. The number of nitrogens with one attached hydrogen (secondary N) is 1. The van der Waals surface area contributed by atoms with Gasteiger partial charge in [-0.1, -0.05) is 93.8 Å². The second-order valence-corrected chi connectivity index (χ2v) is 6.38. The molecule has 0 aliphatic heterocycles. The summed E-state index contributed by atoms with van der Waals surface area (Å²) in [5, 5.41) is 3.78. The zero-order valence-electron chi connectivity index (χ0n) is 13.8. The van der Waals surface area contributed by atoms with Gasteiger partial charge in [0.25, 0.3) is 0 Å². The van der Waals surface area contributed by atoms with Crippen molar-refractivity contribution in [2.75, 3.05) is 5.32 Å². The van der Waals surface area contributed by atoms with Crippen LogP contribution in [0.2, 0.25) is 0 Å². The monoisotopic (exact) mass is 297 g/mol. The van der Waals surface area contributed by atoms with Crippen LogP contribution in [0.15, 0.2) is 54.6 Å². The summed E-state index contributed by atoms with van der Waals surface area (Å²) >= 11 is 0. The van der Waals surface area contributed by atoms with E-state index in [1.807, 2.05) is 0 Å². The summed E-state index contributed by atoms with van der Waals surface area (Å²) in [5.74, 6) is 0. The predicted molar refractivity (Wildman–Crippen MR) is 97.7 cm³/mol. The molecule has 22 heavy (non-hydrogen) atoms. The fourth-order valence-corrected chi connectivity index (χ4v) is 3.16. The van der Waals surface area contributed by atoms with E-state index in [1.165, 1.54) is 69.9 Å². The van der Waals surface area contributed by atoms with E-state index in [0.717, 1.165) is 0 Å². The van der Waals surface area contributed by atoms with E-state index >= 15 is 0 Å². The standard InChI is InChI=1S/C21H31N/c1-2-5-9-13-17-20(16-12-8-4-1)22-21-18-14-10-6-3-7-11-15-19-21/h3,6-7,10-11,14-15,18-20,22H,1-2,4-5,8-9,12-13,16-17H2. The molecule has 1 aliphatic carbocycles. The molecule has 1 nitrogen and oxygen atoms in total. The van der Waals surface area contributed by atoms with Crippen molar-refractivity contribution >= 4 is 5.69 Å². The van der Waals surface area contributed by atoms with Gasteiger partial charge in [0.15, 0.2) is 0 Å². The summed E-state index contributed by atoms with van der Waals surface area (Å²) in [4.78, 5) is 0. The number of anilines is 1. The van der Waals surface area contributed by atoms with E-state index in [0.29, 0.717) is 6.04 Å². The Kier molecular flexibility index (Phi) is 8.52. The maximum atomic E-state index is 3.78. The zero-order chi connectivity index (χ0) is 15.3. The lowest BCUT2D eigenvalue weighted by molar-refractivity contribution is 0.535. The fraction of sp³-hybridized carbons (Fsp3) is 0.524. The Bertz CT molecular complexity index is 416. The molecule has 1 aromatic rings. The minimum Gasteiger partial charge on any atom is -0.382 e. The van der Waals surface area contributed by atoms with E-state index in [2.05, 4.69) is 59.9 Å². The van der Waals surface area contributed by atoms with Crippen LogP contribution in [0.25, 0.3) is 0 Å². The number of rotatable bonds is 2. The van der Waals surface area contributed by atoms with Crippen molar-refractivity contribution in [2.45, 2.75) is 70.3 Å². The number of hydrogen-bond acceptors (Lipinski definition) is 1. The van der Waals surface area contributed by atoms with Crippen LogP contribution in [0.4, 0.5) is 5.69 Å². The molecular weight excluding hydrogens is 266 g/mol. The smallest absolute Gasteiger partial charge is 0.0342 e. The van der Waals surface area contributed by atoms with Crippen molar-refractivity contribution < 1.29 is 0 Å². The molecule has 0 radical (unpaired) electrons. The Morgan fingerprint density at radius 3 is 1.45 bits per heavy atom. The molecule has 120 valence electrons. The highest BCUT2D eigenvalue weighted by atomic mass is 14.9. The number of hydrogen-bond donors (Lipinski definition) is 1. The molecule has 0 amide bonds. The maximum absolute atomic E-state index is 3.78. The van der Waals surface area contributed by atoms with Gasteiger partial charge < -0.3 is 5.32 Å². The molecule has 1 saturated carbocycles. The first kappa shape index (κ1) is 16.9. The van der Waals surface area contributed by atoms with Gasteiger partial charge in [-0.25, -0.2) is 0 Å². The molecule has 0 unspecified atom stereocenters. The average Bonchev–Trinajstić information content (AvgIpc) is 2.60. The molecule has 0 atom stereocenters. The quantitative estimate of drug-likeness (QED) is 0.656. The highest BCUT2D eigenvalue weighted by Gasteiger charge is 2.09. The van der Waals surface area contributed by atoms with Crippen LogP contribution in [0.5, 0.6) is 0 Å². The van der Waals surface area contributed by atoms with E-state index < -0.39 is 0 Å². The molecule has 0 saturated heterocycles. The summed E-state index contributed by atoms with van der Waals surface area (Å²) in [5.41, 5.74) is 1.23. The Balaban J connectivity index is 1.99. The Labute approximate surface area is 136 Å². The van der Waals surface area contributed by atoms with Gasteiger partial charge in [0, 0.05) is 11.7 Å². The van der Waals surface area contributed by atoms with Crippen molar-refractivity contribution in [1.82, 2.24) is 0 Å². The molecule has 1 aromatic carbocycles. The lowest BCUT2D eigenvalue weighted by Crippen LogP contribution is -2.19. The van der Waals surface area contributed by atoms with E-state index in [-0.39, 0.29) is 0 Å². The van der Waals surface area contributed by atoms with Crippen molar-refractivity contribution in [2.24, 2.45) is 0 Å². The first-order chi connectivity index (χ1) is 10.9. The molecule has 2 rings (SSSR count). The normalized spacial score (nSPS) is 17.8. The molecular formula is C21H31N. The molecule has 0 bridgehead atoms. The lowest BCUT2D eigenvalue weighted by Gasteiger charge is -2.19. The first-order valence-corrected chi connectivity index (χ1v) is 9.10. The van der Waals surface area contributed by atoms with Gasteiger partial charge in [-0.3, -0.25) is 0 Å². The lowest BCUT2D eigenvalue weighted by atomic mass is 10.0. The minimum absolute atomic E-state index is 0.630. The van der Waals surface area contributed by atoms with Gasteiger partial charge in [-0.05, 0) is 25.0 Å². The second-order valence-electron chi connectivity index (χ2n) is 6.38. The van der Waals surface area contributed by atoms with Crippen molar-refractivity contribution in [3.8, 4) is 0 Å². The molecule has 1 fully saturated rings. The molecule has 1 aliphatic rings. The fourth-order valence-electron chi connectivity index (χ4n) is 3.16. The van der Waals surface area contributed by atoms with Gasteiger partial charge >= 0.3 is 0 Å². The largest absolute Gasteiger partial charge is 0.382 e. The summed E-state index contributed by atoms with van der Waals surface area (Å²) in [6.07, 6.45) is 13.9. The van der Waals surface area contributed by atoms with Crippen LogP contribution in [-0.4, -0.2) is 6.04 Å². The van der Waals surface area contributed by atoms with Crippen molar-refractivity contribution in [3.05, 3.63) is 54.6 Å². The summed E-state index contributed by atoms with van der Waals surface area (Å²) in [6, 6.07) is 19.6. The third kappa shape index (κ3) is 7.49. The minimum atomic E-state index is 0.630. The highest BCUT2D eigenvalue weighted by molar-refractivity contribution is 5.41. The Morgan fingerprint density at radius 1 is 0.545 bits per heavy atom. The van der Waals surface area contributed by atoms with Gasteiger partial charge in [-0.2, -0.15) is 0 Å². The van der Waals surface area contributed by atoms with E-state index in [4.69, 9.17) is 0 Å². The van der Waals surface area contributed by atoms with Crippen molar-refractivity contribution in [3.63, 3.8) is 0 Å². The molecule has 0 heterocycles. The van der Waals surface area contributed by atoms with Crippen LogP contribution in [-0.2, 0) is 0 Å². The van der Waals surface area contributed by atoms with Gasteiger partial charge in [0.05, 0.1) is 0 Å².